The first-order chi connectivity index (χ1) is 49.7. The average Bonchev–Trinajstić information content (AvgIpc) is 0.923. The fraction of sp³-hybridized carbons (Fsp3) is 0.614. The normalized spacial score (nSPS) is 14.9. The molecule has 0 amide bonds. The van der Waals surface area contributed by atoms with Crippen molar-refractivity contribution in [1.29, 1.82) is 0 Å². The van der Waals surface area contributed by atoms with Crippen LogP contribution in [0.1, 0.15) is 272 Å². The Bertz CT molecular complexity index is 2600. The SMILES string of the molecule is CC/C=C\C/C=C\C/C=C\C/C=C\C/C=C\CCCC(=O)OCC(COP(=O)(O)OCC(O)COP(=O)(O)OCC(COC(=O)CCCCCCC/C=C\C/C=C\CCCCC)OC(=O)CCCCCCC/C=C\C/C=C\CCCCC)OC(=O)C/C=C\C/C=C\C/C=C\C/C=C\C/C=C\CC. The van der Waals surface area contributed by atoms with E-state index in [2.05, 4.69) is 161 Å². The number of carbonyl (C=O) groups is 4. The van der Waals surface area contributed by atoms with Crippen molar-refractivity contribution in [2.24, 2.45) is 0 Å². The van der Waals surface area contributed by atoms with E-state index in [1.54, 1.807) is 12.2 Å². The van der Waals surface area contributed by atoms with Crippen molar-refractivity contribution in [2.45, 2.75) is 290 Å². The molecular weight excluding hydrogens is 1330 g/mol. The van der Waals surface area contributed by atoms with Gasteiger partial charge in [0.05, 0.1) is 32.8 Å². The Labute approximate surface area is 616 Å². The molecule has 0 aliphatic carbocycles. The van der Waals surface area contributed by atoms with Crippen molar-refractivity contribution in [1.82, 2.24) is 0 Å². The van der Waals surface area contributed by atoms with Crippen LogP contribution in [0, 0.1) is 0 Å². The second kappa shape index (κ2) is 73.7. The summed E-state index contributed by atoms with van der Waals surface area (Å²) in [4.78, 5) is 72.8. The summed E-state index contributed by atoms with van der Waals surface area (Å²) in [7, 11) is -10.0. The number of rotatable bonds is 70. The molecule has 0 fully saturated rings. The minimum atomic E-state index is -5.02. The first kappa shape index (κ1) is 96.4. The zero-order chi connectivity index (χ0) is 74.6. The molecule has 0 aliphatic rings. The lowest BCUT2D eigenvalue weighted by Crippen LogP contribution is -2.30. The Morgan fingerprint density at radius 3 is 0.912 bits per heavy atom. The number of allylic oxidation sites excluding steroid dienone is 27. The van der Waals surface area contributed by atoms with Gasteiger partial charge in [0, 0.05) is 19.3 Å². The molecular formula is C83H134O17P2. The van der Waals surface area contributed by atoms with E-state index in [0.29, 0.717) is 32.1 Å². The summed E-state index contributed by atoms with van der Waals surface area (Å²) in [5.74, 6) is -2.44. The monoisotopic (exact) mass is 1460 g/mol. The fourth-order valence-corrected chi connectivity index (χ4v) is 11.0. The van der Waals surface area contributed by atoms with Crippen molar-refractivity contribution >= 4 is 39.5 Å². The smallest absolute Gasteiger partial charge is 0.462 e. The molecule has 0 aromatic carbocycles. The number of aliphatic hydroxyl groups is 1. The van der Waals surface area contributed by atoms with Crippen LogP contribution in [0.25, 0.3) is 0 Å². The van der Waals surface area contributed by atoms with Gasteiger partial charge in [-0.3, -0.25) is 37.3 Å². The predicted octanol–water partition coefficient (Wildman–Crippen LogP) is 22.2. The van der Waals surface area contributed by atoms with Crippen molar-refractivity contribution in [3.05, 3.63) is 170 Å². The van der Waals surface area contributed by atoms with Crippen molar-refractivity contribution in [3.8, 4) is 0 Å². The predicted molar refractivity (Wildman–Crippen MR) is 417 cm³/mol. The number of aliphatic hydroxyl groups excluding tert-OH is 1. The van der Waals surface area contributed by atoms with Gasteiger partial charge in [-0.05, 0) is 154 Å². The quantitative estimate of drug-likeness (QED) is 0.0169. The standard InChI is InChI=1S/C83H134O17P2/c1-5-9-13-17-21-25-29-33-37-38-42-44-48-52-56-60-64-68-81(86)94-74-79(100-83(88)70-66-62-58-54-50-46-41-36-32-28-24-20-16-12-8-4)76-98-102(91,92)96-72-77(84)71-95-101(89,90)97-75-78(99-82(87)69-65-61-57-53-49-45-40-35-31-27-23-19-15-11-7-3)73-93-80(85)67-63-59-55-51-47-43-39-34-30-26-22-18-14-10-6-2/h9,12-13,16,21-28,33-37,39-42,44,50,52,54,56,62,66,77-79,84H,5-8,10-11,14-15,17-20,29-32,38,43,45-49,51,53,55,57-61,63-65,67-76H2,1-4H3,(H,89,90)(H,91,92)/b13-9-,16-12-,25-21-,26-22-,27-23-,28-24-,37-33-,39-34-,40-35-,41-36-,44-42-,54-50-,56-52-,66-62-. The maximum absolute atomic E-state index is 13.1. The summed E-state index contributed by atoms with van der Waals surface area (Å²) >= 11 is 0. The number of phosphoric ester groups is 2. The Kier molecular flexibility index (Phi) is 69.7. The first-order valence-electron chi connectivity index (χ1n) is 38.4. The lowest BCUT2D eigenvalue weighted by molar-refractivity contribution is -0.161. The van der Waals surface area contributed by atoms with Crippen LogP contribution in [0.15, 0.2) is 170 Å². The lowest BCUT2D eigenvalue weighted by Gasteiger charge is -2.21. The molecule has 17 nitrogen and oxygen atoms in total. The highest BCUT2D eigenvalue weighted by Crippen LogP contribution is 2.45. The molecule has 0 aromatic heterocycles. The molecule has 0 aliphatic heterocycles. The highest BCUT2D eigenvalue weighted by atomic mass is 31.2. The Morgan fingerprint density at radius 2 is 0.559 bits per heavy atom. The van der Waals surface area contributed by atoms with Crippen LogP contribution < -0.4 is 0 Å². The number of hydrogen-bond acceptors (Lipinski definition) is 15. The molecule has 102 heavy (non-hydrogen) atoms. The summed E-state index contributed by atoms with van der Waals surface area (Å²) in [5, 5.41) is 10.6. The average molecular weight is 1470 g/mol. The molecule has 0 rings (SSSR count). The van der Waals surface area contributed by atoms with Crippen LogP contribution in [0.2, 0.25) is 0 Å². The number of carbonyl (C=O) groups excluding carboxylic acids is 4. The van der Waals surface area contributed by atoms with Gasteiger partial charge in [-0.2, -0.15) is 0 Å². The van der Waals surface area contributed by atoms with Crippen LogP contribution in [0.4, 0.5) is 0 Å². The van der Waals surface area contributed by atoms with E-state index in [1.165, 1.54) is 38.5 Å². The van der Waals surface area contributed by atoms with Gasteiger partial charge in [-0.1, -0.05) is 262 Å². The summed E-state index contributed by atoms with van der Waals surface area (Å²) in [5.41, 5.74) is 0. The maximum atomic E-state index is 13.1. The fourth-order valence-electron chi connectivity index (χ4n) is 9.39. The third-order valence-electron chi connectivity index (χ3n) is 15.2. The molecule has 5 atom stereocenters. The van der Waals surface area contributed by atoms with Gasteiger partial charge in [0.25, 0.3) is 0 Å². The van der Waals surface area contributed by atoms with Gasteiger partial charge in [0.2, 0.25) is 0 Å². The Hall–Kier alpha value is -5.58. The van der Waals surface area contributed by atoms with E-state index in [1.807, 2.05) is 24.3 Å². The van der Waals surface area contributed by atoms with Crippen LogP contribution >= 0.6 is 15.6 Å². The minimum absolute atomic E-state index is 0.0568. The molecule has 578 valence electrons. The molecule has 0 bridgehead atoms. The van der Waals surface area contributed by atoms with E-state index >= 15 is 0 Å². The third kappa shape index (κ3) is 72.8. The largest absolute Gasteiger partial charge is 0.472 e. The molecule has 0 heterocycles. The molecule has 3 N–H and O–H groups in total. The van der Waals surface area contributed by atoms with Gasteiger partial charge in [0.1, 0.15) is 19.3 Å². The van der Waals surface area contributed by atoms with Crippen molar-refractivity contribution in [2.75, 3.05) is 39.6 Å². The van der Waals surface area contributed by atoms with Gasteiger partial charge < -0.3 is 33.8 Å². The zero-order valence-electron chi connectivity index (χ0n) is 63.0. The molecule has 0 spiro atoms. The van der Waals surface area contributed by atoms with Crippen molar-refractivity contribution < 1.29 is 80.2 Å². The van der Waals surface area contributed by atoms with Gasteiger partial charge >= 0.3 is 39.5 Å². The van der Waals surface area contributed by atoms with Crippen LogP contribution in [0.5, 0.6) is 0 Å². The van der Waals surface area contributed by atoms with Crippen LogP contribution in [0.3, 0.4) is 0 Å². The number of esters is 4. The van der Waals surface area contributed by atoms with Gasteiger partial charge in [0.15, 0.2) is 12.2 Å². The van der Waals surface area contributed by atoms with E-state index in [9.17, 15) is 43.2 Å². The molecule has 0 saturated heterocycles. The topological polar surface area (TPSA) is 237 Å². The second-order valence-corrected chi connectivity index (χ2v) is 27.7. The zero-order valence-corrected chi connectivity index (χ0v) is 64.8. The van der Waals surface area contributed by atoms with E-state index in [-0.39, 0.29) is 25.7 Å². The second-order valence-electron chi connectivity index (χ2n) is 24.8. The molecule has 19 heteroatoms. The summed E-state index contributed by atoms with van der Waals surface area (Å²) in [6.45, 7) is 4.35. The van der Waals surface area contributed by atoms with E-state index < -0.39 is 97.5 Å². The summed E-state index contributed by atoms with van der Waals surface area (Å²) in [6.07, 6.45) is 86.7. The first-order valence-corrected chi connectivity index (χ1v) is 41.4. The van der Waals surface area contributed by atoms with E-state index in [4.69, 9.17) is 37.0 Å². The number of phosphoric acid groups is 2. The molecule has 0 aromatic rings. The molecule has 0 radical (unpaired) electrons. The number of unbranched alkanes of at least 4 members (excludes halogenated alkanes) is 17. The molecule has 5 unspecified atom stereocenters. The lowest BCUT2D eigenvalue weighted by atomic mass is 10.1. The summed E-state index contributed by atoms with van der Waals surface area (Å²) in [6, 6.07) is 0. The minimum Gasteiger partial charge on any atom is -0.462 e. The highest BCUT2D eigenvalue weighted by Gasteiger charge is 2.30. The molecule has 0 saturated carbocycles. The Morgan fingerprint density at radius 1 is 0.294 bits per heavy atom. The van der Waals surface area contributed by atoms with Crippen molar-refractivity contribution in [3.63, 3.8) is 0 Å². The van der Waals surface area contributed by atoms with Crippen LogP contribution in [-0.4, -0.2) is 96.7 Å². The van der Waals surface area contributed by atoms with Gasteiger partial charge in [-0.15, -0.1) is 0 Å². The number of hydrogen-bond donors (Lipinski definition) is 3. The van der Waals surface area contributed by atoms with Crippen LogP contribution in [-0.2, 0) is 65.4 Å². The van der Waals surface area contributed by atoms with E-state index in [0.717, 1.165) is 148 Å². The highest BCUT2D eigenvalue weighted by molar-refractivity contribution is 7.47. The maximum Gasteiger partial charge on any atom is 0.472 e. The Balaban J connectivity index is 5.52. The third-order valence-corrected chi connectivity index (χ3v) is 17.1. The van der Waals surface area contributed by atoms with Gasteiger partial charge in [-0.25, -0.2) is 9.13 Å². The summed E-state index contributed by atoms with van der Waals surface area (Å²) < 4.78 is 68.3. The number of ether oxygens (including phenoxy) is 4.